The summed E-state index contributed by atoms with van der Waals surface area (Å²) in [5.74, 6) is 0.946. The van der Waals surface area contributed by atoms with Crippen LogP contribution in [0.3, 0.4) is 0 Å². The molecular formula is C17H16N2O. The lowest BCUT2D eigenvalue weighted by molar-refractivity contribution is 0.357. The van der Waals surface area contributed by atoms with Gasteiger partial charge in [0.1, 0.15) is 11.8 Å². The van der Waals surface area contributed by atoms with Crippen molar-refractivity contribution in [3.63, 3.8) is 0 Å². The Bertz CT molecular complexity index is 673. The van der Waals surface area contributed by atoms with Crippen molar-refractivity contribution in [2.75, 3.05) is 11.9 Å². The molecule has 1 unspecified atom stereocenters. The summed E-state index contributed by atoms with van der Waals surface area (Å²) >= 11 is 0. The predicted molar refractivity (Wildman–Crippen MR) is 78.8 cm³/mol. The second-order valence-electron chi connectivity index (χ2n) is 4.99. The third kappa shape index (κ3) is 2.33. The molecule has 3 nitrogen and oxygen atoms in total. The summed E-state index contributed by atoms with van der Waals surface area (Å²) in [4.78, 5) is 0. The van der Waals surface area contributed by atoms with Crippen molar-refractivity contribution in [3.05, 3.63) is 59.2 Å². The molecule has 1 aliphatic rings. The van der Waals surface area contributed by atoms with Gasteiger partial charge in [0.25, 0.3) is 0 Å². The highest BCUT2D eigenvalue weighted by atomic mass is 16.5. The lowest BCUT2D eigenvalue weighted by atomic mass is 10.0. The summed E-state index contributed by atoms with van der Waals surface area (Å²) in [5, 5.41) is 12.7. The summed E-state index contributed by atoms with van der Waals surface area (Å²) in [7, 11) is 0. The first-order valence-electron chi connectivity index (χ1n) is 6.75. The molecule has 0 fully saturated rings. The molecule has 20 heavy (non-hydrogen) atoms. The molecule has 1 heterocycles. The Balaban J connectivity index is 1.87. The summed E-state index contributed by atoms with van der Waals surface area (Å²) in [6, 6.07) is 16.0. The van der Waals surface area contributed by atoms with E-state index in [-0.39, 0.29) is 6.04 Å². The van der Waals surface area contributed by atoms with Gasteiger partial charge in [0.2, 0.25) is 0 Å². The molecule has 2 aromatic carbocycles. The fraction of sp³-hybridized carbons (Fsp3) is 0.235. The molecule has 3 rings (SSSR count). The van der Waals surface area contributed by atoms with Crippen LogP contribution in [0.1, 0.15) is 22.7 Å². The smallest absolute Gasteiger partial charge is 0.140 e. The van der Waals surface area contributed by atoms with Crippen LogP contribution < -0.4 is 10.1 Å². The van der Waals surface area contributed by atoms with Gasteiger partial charge >= 0.3 is 0 Å². The molecular weight excluding hydrogens is 248 g/mol. The zero-order chi connectivity index (χ0) is 13.9. The molecule has 0 spiro atoms. The van der Waals surface area contributed by atoms with Crippen molar-refractivity contribution in [1.29, 1.82) is 5.26 Å². The van der Waals surface area contributed by atoms with E-state index >= 15 is 0 Å². The number of hydrogen-bond donors (Lipinski definition) is 1. The van der Waals surface area contributed by atoms with E-state index in [1.54, 1.807) is 0 Å². The van der Waals surface area contributed by atoms with Gasteiger partial charge in [0, 0.05) is 12.1 Å². The summed E-state index contributed by atoms with van der Waals surface area (Å²) < 4.78 is 5.50. The number of benzene rings is 2. The SMILES string of the molecule is Cc1ccccc1NC(C#N)c1ccc2c(c1)CCO2. The maximum atomic E-state index is 9.44. The standard InChI is InChI=1S/C17H16N2O/c1-12-4-2-3-5-15(12)19-16(11-18)13-6-7-17-14(10-13)8-9-20-17/h2-7,10,16,19H,8-9H2,1H3. The number of nitriles is 1. The number of aryl methyl sites for hydroxylation is 1. The van der Waals surface area contributed by atoms with E-state index in [1.807, 2.05) is 43.3 Å². The average molecular weight is 264 g/mol. The number of anilines is 1. The van der Waals surface area contributed by atoms with E-state index in [0.717, 1.165) is 35.6 Å². The molecule has 0 amide bonds. The van der Waals surface area contributed by atoms with Crippen LogP contribution in [0.15, 0.2) is 42.5 Å². The summed E-state index contributed by atoms with van der Waals surface area (Å²) in [6.07, 6.45) is 0.922. The zero-order valence-corrected chi connectivity index (χ0v) is 11.4. The van der Waals surface area contributed by atoms with E-state index in [4.69, 9.17) is 4.74 Å². The fourth-order valence-corrected chi connectivity index (χ4v) is 2.47. The topological polar surface area (TPSA) is 45.0 Å². The van der Waals surface area contributed by atoms with Gasteiger partial charge in [0.05, 0.1) is 12.7 Å². The first-order chi connectivity index (χ1) is 9.78. The Morgan fingerprint density at radius 1 is 1.25 bits per heavy atom. The van der Waals surface area contributed by atoms with Crippen molar-refractivity contribution < 1.29 is 4.74 Å². The molecule has 0 bridgehead atoms. The summed E-state index contributed by atoms with van der Waals surface area (Å²) in [5.41, 5.74) is 4.31. The minimum atomic E-state index is -0.345. The van der Waals surface area contributed by atoms with Crippen molar-refractivity contribution in [1.82, 2.24) is 0 Å². The van der Waals surface area contributed by atoms with Crippen LogP contribution in [0.4, 0.5) is 5.69 Å². The van der Waals surface area contributed by atoms with Crippen molar-refractivity contribution in [3.8, 4) is 11.8 Å². The molecule has 0 aromatic heterocycles. The minimum absolute atomic E-state index is 0.345. The van der Waals surface area contributed by atoms with E-state index in [2.05, 4.69) is 17.5 Å². The Morgan fingerprint density at radius 3 is 2.90 bits per heavy atom. The lowest BCUT2D eigenvalue weighted by Crippen LogP contribution is -2.09. The molecule has 0 radical (unpaired) electrons. The average Bonchev–Trinajstić information content (AvgIpc) is 2.94. The van der Waals surface area contributed by atoms with E-state index in [0.29, 0.717) is 0 Å². The number of nitrogens with zero attached hydrogens (tertiary/aromatic N) is 1. The first-order valence-corrected chi connectivity index (χ1v) is 6.75. The maximum Gasteiger partial charge on any atom is 0.140 e. The van der Waals surface area contributed by atoms with Gasteiger partial charge in [-0.05, 0) is 41.8 Å². The summed E-state index contributed by atoms with van der Waals surface area (Å²) in [6.45, 7) is 2.77. The number of ether oxygens (including phenoxy) is 1. The molecule has 0 saturated carbocycles. The second kappa shape index (κ2) is 5.26. The monoisotopic (exact) mass is 264 g/mol. The highest BCUT2D eigenvalue weighted by Crippen LogP contribution is 2.29. The van der Waals surface area contributed by atoms with Gasteiger partial charge in [0.15, 0.2) is 0 Å². The van der Waals surface area contributed by atoms with Gasteiger partial charge in [-0.15, -0.1) is 0 Å². The first kappa shape index (κ1) is 12.6. The third-order valence-electron chi connectivity index (χ3n) is 3.62. The largest absolute Gasteiger partial charge is 0.493 e. The van der Waals surface area contributed by atoms with Gasteiger partial charge in [-0.25, -0.2) is 0 Å². The molecule has 1 N–H and O–H groups in total. The Morgan fingerprint density at radius 2 is 2.10 bits per heavy atom. The predicted octanol–water partition coefficient (Wildman–Crippen LogP) is 3.61. The number of rotatable bonds is 3. The Kier molecular flexibility index (Phi) is 3.30. The number of fused-ring (bicyclic) bond motifs is 1. The van der Waals surface area contributed by atoms with E-state index < -0.39 is 0 Å². The van der Waals surface area contributed by atoms with Crippen molar-refractivity contribution in [2.24, 2.45) is 0 Å². The second-order valence-corrected chi connectivity index (χ2v) is 4.99. The molecule has 3 heteroatoms. The van der Waals surface area contributed by atoms with Crippen molar-refractivity contribution in [2.45, 2.75) is 19.4 Å². The van der Waals surface area contributed by atoms with Gasteiger partial charge in [-0.1, -0.05) is 24.3 Å². The molecule has 2 aromatic rings. The fourth-order valence-electron chi connectivity index (χ4n) is 2.47. The van der Waals surface area contributed by atoms with Crippen LogP contribution in [-0.4, -0.2) is 6.61 Å². The molecule has 1 atom stereocenters. The molecule has 1 aliphatic heterocycles. The minimum Gasteiger partial charge on any atom is -0.493 e. The third-order valence-corrected chi connectivity index (χ3v) is 3.62. The Labute approximate surface area is 118 Å². The van der Waals surface area contributed by atoms with Gasteiger partial charge in [-0.2, -0.15) is 5.26 Å². The Hall–Kier alpha value is -2.47. The van der Waals surface area contributed by atoms with Crippen molar-refractivity contribution >= 4 is 5.69 Å². The van der Waals surface area contributed by atoms with E-state index in [1.165, 1.54) is 5.56 Å². The highest BCUT2D eigenvalue weighted by molar-refractivity contribution is 5.54. The number of para-hydroxylation sites is 1. The van der Waals surface area contributed by atoms with Gasteiger partial charge < -0.3 is 10.1 Å². The maximum absolute atomic E-state index is 9.44. The van der Waals surface area contributed by atoms with Crippen LogP contribution in [0.5, 0.6) is 5.75 Å². The highest BCUT2D eigenvalue weighted by Gasteiger charge is 2.17. The van der Waals surface area contributed by atoms with Crippen LogP contribution in [0, 0.1) is 18.3 Å². The molecule has 0 saturated heterocycles. The van der Waals surface area contributed by atoms with Crippen LogP contribution >= 0.6 is 0 Å². The molecule has 0 aliphatic carbocycles. The lowest BCUT2D eigenvalue weighted by Gasteiger charge is -2.16. The number of hydrogen-bond acceptors (Lipinski definition) is 3. The quantitative estimate of drug-likeness (QED) is 0.921. The van der Waals surface area contributed by atoms with Crippen LogP contribution in [0.2, 0.25) is 0 Å². The normalized spacial score (nSPS) is 14.0. The van der Waals surface area contributed by atoms with Crippen LogP contribution in [-0.2, 0) is 6.42 Å². The molecule has 100 valence electrons. The van der Waals surface area contributed by atoms with Crippen LogP contribution in [0.25, 0.3) is 0 Å². The van der Waals surface area contributed by atoms with Gasteiger partial charge in [-0.3, -0.25) is 0 Å². The zero-order valence-electron chi connectivity index (χ0n) is 11.4. The number of nitrogens with one attached hydrogen (secondary N) is 1. The van der Waals surface area contributed by atoms with E-state index in [9.17, 15) is 5.26 Å².